The van der Waals surface area contributed by atoms with Gasteiger partial charge in [0.25, 0.3) is 11.5 Å². The van der Waals surface area contributed by atoms with Gasteiger partial charge in [-0.15, -0.1) is 0 Å². The zero-order chi connectivity index (χ0) is 26.1. The van der Waals surface area contributed by atoms with Gasteiger partial charge < -0.3 is 15.4 Å². The first-order valence-corrected chi connectivity index (χ1v) is 12.0. The molecule has 2 heterocycles. The van der Waals surface area contributed by atoms with Gasteiger partial charge in [0.05, 0.1) is 5.69 Å². The van der Waals surface area contributed by atoms with Crippen molar-refractivity contribution in [1.82, 2.24) is 20.2 Å². The van der Waals surface area contributed by atoms with E-state index in [0.29, 0.717) is 29.8 Å². The van der Waals surface area contributed by atoms with Crippen LogP contribution in [-0.2, 0) is 15.1 Å². The van der Waals surface area contributed by atoms with E-state index < -0.39 is 28.4 Å². The Labute approximate surface area is 208 Å². The highest BCUT2D eigenvalue weighted by molar-refractivity contribution is 8.00. The Bertz CT molecular complexity index is 1280. The fraction of sp³-hybridized carbons (Fsp3) is 0.375. The fourth-order valence-electron chi connectivity index (χ4n) is 4.57. The number of nitrogens with zero attached hydrogens (tertiary/aromatic N) is 2. The minimum Gasteiger partial charge on any atom is -0.353 e. The third-order valence-corrected chi connectivity index (χ3v) is 7.06. The van der Waals surface area contributed by atoms with Crippen molar-refractivity contribution in [1.29, 1.82) is 0 Å². The van der Waals surface area contributed by atoms with Gasteiger partial charge in [-0.1, -0.05) is 6.08 Å². The molecule has 12 heteroatoms. The van der Waals surface area contributed by atoms with Crippen LogP contribution in [0.15, 0.2) is 40.0 Å². The van der Waals surface area contributed by atoms with Gasteiger partial charge in [-0.25, -0.2) is 4.98 Å². The van der Waals surface area contributed by atoms with Crippen LogP contribution in [0.5, 0.6) is 0 Å². The molecule has 2 aromatic rings. The Morgan fingerprint density at radius 1 is 1.31 bits per heavy atom. The van der Waals surface area contributed by atoms with Crippen LogP contribution in [0.3, 0.4) is 0 Å². The standard InChI is InChI=1S/C24H23F3N4O4S/c1-14-30-18-4-2-3-16(11-28-21(34)15-5-7-17(8-6-15)36-24(25,26)27)20(18)22(35)31(14)23(13-32)10-9-19(33)29-12-23/h2,4-8,13,16H,3,9-12H2,1H3,(H,28,34)(H,29,33). The summed E-state index contributed by atoms with van der Waals surface area (Å²) in [5.41, 5.74) is -5.07. The molecule has 0 radical (unpaired) electrons. The van der Waals surface area contributed by atoms with Gasteiger partial charge in [0.15, 0.2) is 0 Å². The van der Waals surface area contributed by atoms with Crippen molar-refractivity contribution >= 4 is 35.9 Å². The number of carbonyl (C=O) groups excluding carboxylic acids is 3. The fourth-order valence-corrected chi connectivity index (χ4v) is 5.11. The van der Waals surface area contributed by atoms with E-state index >= 15 is 0 Å². The van der Waals surface area contributed by atoms with Crippen LogP contribution < -0.4 is 16.2 Å². The van der Waals surface area contributed by atoms with Gasteiger partial charge in [0.2, 0.25) is 5.91 Å². The number of carbonyl (C=O) groups is 3. The molecule has 4 rings (SSSR count). The molecule has 0 saturated carbocycles. The minimum atomic E-state index is -4.42. The van der Waals surface area contributed by atoms with Crippen LogP contribution in [0.2, 0.25) is 0 Å². The lowest BCUT2D eigenvalue weighted by Gasteiger charge is -2.36. The molecule has 1 aliphatic carbocycles. The molecule has 0 bridgehead atoms. The third-order valence-electron chi connectivity index (χ3n) is 6.32. The summed E-state index contributed by atoms with van der Waals surface area (Å²) in [5.74, 6) is -0.775. The lowest BCUT2D eigenvalue weighted by Crippen LogP contribution is -2.56. The molecule has 2 atom stereocenters. The van der Waals surface area contributed by atoms with Crippen molar-refractivity contribution < 1.29 is 27.6 Å². The van der Waals surface area contributed by atoms with E-state index in [1.54, 1.807) is 13.0 Å². The number of amides is 2. The van der Waals surface area contributed by atoms with Crippen molar-refractivity contribution in [2.75, 3.05) is 13.1 Å². The number of hydrogen-bond acceptors (Lipinski definition) is 6. The number of benzene rings is 1. The van der Waals surface area contributed by atoms with E-state index in [9.17, 15) is 32.3 Å². The summed E-state index contributed by atoms with van der Waals surface area (Å²) in [5, 5.41) is 5.39. The van der Waals surface area contributed by atoms with Gasteiger partial charge in [0.1, 0.15) is 17.6 Å². The number of rotatable bonds is 6. The van der Waals surface area contributed by atoms with Gasteiger partial charge >= 0.3 is 5.51 Å². The number of thioether (sulfide) groups is 1. The highest BCUT2D eigenvalue weighted by Crippen LogP contribution is 2.36. The number of halogens is 3. The maximum Gasteiger partial charge on any atom is 0.446 e. The average Bonchev–Trinajstić information content (AvgIpc) is 2.83. The Balaban J connectivity index is 1.56. The van der Waals surface area contributed by atoms with Gasteiger partial charge in [-0.05, 0) is 61.9 Å². The lowest BCUT2D eigenvalue weighted by atomic mass is 9.87. The maximum atomic E-state index is 13.7. The summed E-state index contributed by atoms with van der Waals surface area (Å²) in [7, 11) is 0. The first-order valence-electron chi connectivity index (χ1n) is 11.2. The van der Waals surface area contributed by atoms with Gasteiger partial charge in [0, 0.05) is 41.5 Å². The third kappa shape index (κ3) is 5.23. The van der Waals surface area contributed by atoms with Crippen LogP contribution in [0.4, 0.5) is 13.2 Å². The van der Waals surface area contributed by atoms with Gasteiger partial charge in [-0.2, -0.15) is 13.2 Å². The molecule has 2 aliphatic rings. The van der Waals surface area contributed by atoms with Crippen LogP contribution in [-0.4, -0.2) is 46.2 Å². The zero-order valence-electron chi connectivity index (χ0n) is 19.2. The number of hydrogen-bond donors (Lipinski definition) is 2. The summed E-state index contributed by atoms with van der Waals surface area (Å²) in [6.07, 6.45) is 4.95. The molecule has 8 nitrogen and oxygen atoms in total. The number of alkyl halides is 3. The average molecular weight is 521 g/mol. The van der Waals surface area contributed by atoms with E-state index in [4.69, 9.17) is 0 Å². The molecule has 1 saturated heterocycles. The largest absolute Gasteiger partial charge is 0.446 e. The summed E-state index contributed by atoms with van der Waals surface area (Å²) in [6.45, 7) is 1.69. The monoisotopic (exact) mass is 520 g/mol. The quantitative estimate of drug-likeness (QED) is 0.448. The van der Waals surface area contributed by atoms with Crippen molar-refractivity contribution in [2.24, 2.45) is 0 Å². The number of fused-ring (bicyclic) bond motifs is 1. The van der Waals surface area contributed by atoms with Crippen molar-refractivity contribution in [2.45, 2.75) is 48.0 Å². The number of allylic oxidation sites excluding steroid dienone is 1. The van der Waals surface area contributed by atoms with Crippen molar-refractivity contribution in [3.63, 3.8) is 0 Å². The summed E-state index contributed by atoms with van der Waals surface area (Å²) < 4.78 is 38.9. The molecule has 190 valence electrons. The Morgan fingerprint density at radius 3 is 2.64 bits per heavy atom. The summed E-state index contributed by atoms with van der Waals surface area (Å²) >= 11 is -0.264. The van der Waals surface area contributed by atoms with E-state index in [0.717, 1.165) is 0 Å². The van der Waals surface area contributed by atoms with Crippen LogP contribution in [0.1, 0.15) is 52.6 Å². The molecule has 2 unspecified atom stereocenters. The SMILES string of the molecule is Cc1nc2c(c(=O)n1C1(C=O)CCC(=O)NC1)C(CNC(=O)c1ccc(SC(F)(F)F)cc1)CC=C2. The predicted molar refractivity (Wildman–Crippen MR) is 127 cm³/mol. The van der Waals surface area contributed by atoms with Crippen LogP contribution in [0, 0.1) is 6.92 Å². The van der Waals surface area contributed by atoms with E-state index in [1.165, 1.54) is 28.8 Å². The number of piperidine rings is 1. The molecule has 1 aliphatic heterocycles. The Morgan fingerprint density at radius 2 is 2.03 bits per heavy atom. The highest BCUT2D eigenvalue weighted by atomic mass is 32.2. The van der Waals surface area contributed by atoms with E-state index in [-0.39, 0.29) is 54.1 Å². The first kappa shape index (κ1) is 25.7. The number of nitrogens with one attached hydrogen (secondary N) is 2. The first-order chi connectivity index (χ1) is 17.0. The van der Waals surface area contributed by atoms with Crippen molar-refractivity contribution in [3.05, 3.63) is 63.3 Å². The summed E-state index contributed by atoms with van der Waals surface area (Å²) in [4.78, 5) is 54.6. The van der Waals surface area contributed by atoms with Crippen molar-refractivity contribution in [3.8, 4) is 0 Å². The predicted octanol–water partition coefficient (Wildman–Crippen LogP) is 2.90. The second-order valence-electron chi connectivity index (χ2n) is 8.71. The highest BCUT2D eigenvalue weighted by Gasteiger charge is 2.40. The normalized spacial score (nSPS) is 21.4. The molecular weight excluding hydrogens is 497 g/mol. The Hall–Kier alpha value is -3.41. The number of aryl methyl sites for hydroxylation is 1. The van der Waals surface area contributed by atoms with E-state index in [2.05, 4.69) is 15.6 Å². The molecule has 2 amide bonds. The zero-order valence-corrected chi connectivity index (χ0v) is 20.0. The van der Waals surface area contributed by atoms with Gasteiger partial charge in [-0.3, -0.25) is 19.0 Å². The molecule has 2 N–H and O–H groups in total. The maximum absolute atomic E-state index is 13.7. The molecule has 1 aromatic heterocycles. The molecule has 1 aromatic carbocycles. The van der Waals surface area contributed by atoms with Crippen LogP contribution in [0.25, 0.3) is 6.08 Å². The molecule has 1 fully saturated rings. The molecule has 0 spiro atoms. The lowest BCUT2D eigenvalue weighted by molar-refractivity contribution is -0.126. The molecule has 36 heavy (non-hydrogen) atoms. The molecular formula is C24H23F3N4O4S. The van der Waals surface area contributed by atoms with E-state index in [1.807, 2.05) is 6.08 Å². The van der Waals surface area contributed by atoms with Crippen LogP contribution >= 0.6 is 11.8 Å². The topological polar surface area (TPSA) is 110 Å². The minimum absolute atomic E-state index is 0.0175. The number of aromatic nitrogens is 2. The smallest absolute Gasteiger partial charge is 0.353 e. The second kappa shape index (κ2) is 9.92. The number of aldehydes is 1. The second-order valence-corrected chi connectivity index (χ2v) is 9.85. The summed E-state index contributed by atoms with van der Waals surface area (Å²) in [6, 6.07) is 5.06. The Kier molecular flexibility index (Phi) is 7.07.